The van der Waals surface area contributed by atoms with E-state index in [1.807, 2.05) is 30.0 Å². The largest absolute Gasteiger partial charge is 0.481 e. The summed E-state index contributed by atoms with van der Waals surface area (Å²) in [6.45, 7) is 3.27. The monoisotopic (exact) mass is 298 g/mol. The predicted molar refractivity (Wildman–Crippen MR) is 82.6 cm³/mol. The molecule has 1 aliphatic rings. The van der Waals surface area contributed by atoms with Gasteiger partial charge in [0.05, 0.1) is 5.92 Å². The van der Waals surface area contributed by atoms with Crippen LogP contribution < -0.4 is 4.90 Å². The van der Waals surface area contributed by atoms with E-state index in [4.69, 9.17) is 5.11 Å². The molecule has 114 valence electrons. The maximum Gasteiger partial charge on any atom is 0.308 e. The Kier molecular flexibility index (Phi) is 4.00. The minimum atomic E-state index is -0.735. The van der Waals surface area contributed by atoms with E-state index in [1.54, 1.807) is 12.4 Å². The number of aromatic nitrogens is 3. The Morgan fingerprint density at radius 3 is 2.77 bits per heavy atom. The summed E-state index contributed by atoms with van der Waals surface area (Å²) in [4.78, 5) is 26.4. The first-order valence-electron chi connectivity index (χ1n) is 7.43. The summed E-state index contributed by atoms with van der Waals surface area (Å²) in [6.07, 6.45) is 4.90. The SMILES string of the molecule is CCc1cc(N2CCC(C(=O)O)C2)nc(-c2ccncc2)n1. The van der Waals surface area contributed by atoms with Crippen molar-refractivity contribution in [3.05, 3.63) is 36.3 Å². The second-order valence-corrected chi connectivity index (χ2v) is 5.40. The molecule has 1 fully saturated rings. The van der Waals surface area contributed by atoms with Gasteiger partial charge in [-0.3, -0.25) is 9.78 Å². The minimum Gasteiger partial charge on any atom is -0.481 e. The number of hydrogen-bond donors (Lipinski definition) is 1. The third kappa shape index (κ3) is 2.90. The highest BCUT2D eigenvalue weighted by Crippen LogP contribution is 2.25. The zero-order valence-corrected chi connectivity index (χ0v) is 12.4. The normalized spacial score (nSPS) is 17.7. The number of carboxylic acid groups (broad SMARTS) is 1. The molecule has 6 heteroatoms. The molecule has 0 saturated carbocycles. The molecular weight excluding hydrogens is 280 g/mol. The van der Waals surface area contributed by atoms with Crippen LogP contribution in [0, 0.1) is 5.92 Å². The molecule has 0 spiro atoms. The van der Waals surface area contributed by atoms with Crippen LogP contribution in [-0.2, 0) is 11.2 Å². The Balaban J connectivity index is 1.93. The average molecular weight is 298 g/mol. The van der Waals surface area contributed by atoms with Crippen molar-refractivity contribution in [2.75, 3.05) is 18.0 Å². The lowest BCUT2D eigenvalue weighted by Crippen LogP contribution is -2.24. The van der Waals surface area contributed by atoms with Crippen molar-refractivity contribution in [2.45, 2.75) is 19.8 Å². The quantitative estimate of drug-likeness (QED) is 0.930. The minimum absolute atomic E-state index is 0.315. The summed E-state index contributed by atoms with van der Waals surface area (Å²) in [6, 6.07) is 5.71. The fraction of sp³-hybridized carbons (Fsp3) is 0.375. The molecule has 1 saturated heterocycles. The van der Waals surface area contributed by atoms with Gasteiger partial charge in [0.15, 0.2) is 5.82 Å². The summed E-state index contributed by atoms with van der Waals surface area (Å²) in [5.41, 5.74) is 1.87. The molecule has 1 aliphatic heterocycles. The summed E-state index contributed by atoms with van der Waals surface area (Å²) < 4.78 is 0. The van der Waals surface area contributed by atoms with Crippen molar-refractivity contribution in [3.63, 3.8) is 0 Å². The zero-order chi connectivity index (χ0) is 15.5. The molecule has 0 amide bonds. The first kappa shape index (κ1) is 14.4. The number of aliphatic carboxylic acids is 1. The lowest BCUT2D eigenvalue weighted by atomic mass is 10.1. The predicted octanol–water partition coefficient (Wildman–Crippen LogP) is 2.01. The van der Waals surface area contributed by atoms with E-state index in [-0.39, 0.29) is 5.92 Å². The first-order chi connectivity index (χ1) is 10.7. The molecule has 22 heavy (non-hydrogen) atoms. The average Bonchev–Trinajstić information content (AvgIpc) is 3.05. The Morgan fingerprint density at radius 2 is 2.14 bits per heavy atom. The van der Waals surface area contributed by atoms with E-state index < -0.39 is 5.97 Å². The molecule has 1 N–H and O–H groups in total. The first-order valence-corrected chi connectivity index (χ1v) is 7.43. The van der Waals surface area contributed by atoms with Crippen LogP contribution >= 0.6 is 0 Å². The van der Waals surface area contributed by atoms with E-state index in [9.17, 15) is 4.79 Å². The van der Waals surface area contributed by atoms with Gasteiger partial charge in [-0.25, -0.2) is 9.97 Å². The maximum absolute atomic E-state index is 11.1. The Hall–Kier alpha value is -2.50. The third-order valence-electron chi connectivity index (χ3n) is 3.93. The lowest BCUT2D eigenvalue weighted by molar-refractivity contribution is -0.140. The molecule has 0 aliphatic carbocycles. The Bertz CT molecular complexity index is 675. The van der Waals surface area contributed by atoms with E-state index in [1.165, 1.54) is 0 Å². The van der Waals surface area contributed by atoms with Crippen molar-refractivity contribution in [3.8, 4) is 11.4 Å². The molecule has 2 aromatic rings. The Morgan fingerprint density at radius 1 is 1.36 bits per heavy atom. The van der Waals surface area contributed by atoms with Crippen LogP contribution in [0.4, 0.5) is 5.82 Å². The van der Waals surface area contributed by atoms with Crippen LogP contribution in [0.5, 0.6) is 0 Å². The maximum atomic E-state index is 11.1. The zero-order valence-electron chi connectivity index (χ0n) is 12.4. The summed E-state index contributed by atoms with van der Waals surface area (Å²) >= 11 is 0. The number of pyridine rings is 1. The standard InChI is InChI=1S/C16H18N4O2/c1-2-13-9-14(20-8-5-12(10-20)16(21)22)19-15(18-13)11-3-6-17-7-4-11/h3-4,6-7,9,12H,2,5,8,10H2,1H3,(H,21,22). The molecule has 0 aromatic carbocycles. The van der Waals surface area contributed by atoms with Crippen molar-refractivity contribution >= 4 is 11.8 Å². The highest BCUT2D eigenvalue weighted by atomic mass is 16.4. The third-order valence-corrected chi connectivity index (χ3v) is 3.93. The van der Waals surface area contributed by atoms with Crippen LogP contribution in [0.25, 0.3) is 11.4 Å². The number of carboxylic acids is 1. The number of hydrogen-bond acceptors (Lipinski definition) is 5. The molecule has 1 unspecified atom stereocenters. The second kappa shape index (κ2) is 6.09. The van der Waals surface area contributed by atoms with E-state index in [2.05, 4.69) is 15.0 Å². The molecule has 1 atom stereocenters. The van der Waals surface area contributed by atoms with Gasteiger partial charge in [0.1, 0.15) is 5.82 Å². The van der Waals surface area contributed by atoms with E-state index in [0.29, 0.717) is 25.3 Å². The van der Waals surface area contributed by atoms with Crippen LogP contribution in [0.2, 0.25) is 0 Å². The van der Waals surface area contributed by atoms with Gasteiger partial charge in [-0.05, 0) is 25.0 Å². The van der Waals surface area contributed by atoms with Crippen molar-refractivity contribution in [1.29, 1.82) is 0 Å². The summed E-state index contributed by atoms with van der Waals surface area (Å²) in [7, 11) is 0. The second-order valence-electron chi connectivity index (χ2n) is 5.40. The van der Waals surface area contributed by atoms with Gasteiger partial charge in [-0.2, -0.15) is 0 Å². The van der Waals surface area contributed by atoms with Crippen molar-refractivity contribution < 1.29 is 9.90 Å². The van der Waals surface area contributed by atoms with Crippen molar-refractivity contribution in [2.24, 2.45) is 5.92 Å². The van der Waals surface area contributed by atoms with Gasteiger partial charge in [0.25, 0.3) is 0 Å². The molecule has 6 nitrogen and oxygen atoms in total. The van der Waals surface area contributed by atoms with Crippen LogP contribution in [-0.4, -0.2) is 39.1 Å². The number of aryl methyl sites for hydroxylation is 1. The van der Waals surface area contributed by atoms with Gasteiger partial charge in [-0.15, -0.1) is 0 Å². The van der Waals surface area contributed by atoms with Crippen LogP contribution in [0.3, 0.4) is 0 Å². The molecule has 3 rings (SSSR count). The topological polar surface area (TPSA) is 79.2 Å². The summed E-state index contributed by atoms with van der Waals surface area (Å²) in [5, 5.41) is 9.14. The van der Waals surface area contributed by atoms with Gasteiger partial charge < -0.3 is 10.0 Å². The van der Waals surface area contributed by atoms with Gasteiger partial charge in [-0.1, -0.05) is 6.92 Å². The molecule has 0 bridgehead atoms. The fourth-order valence-electron chi connectivity index (χ4n) is 2.63. The van der Waals surface area contributed by atoms with Crippen molar-refractivity contribution in [1.82, 2.24) is 15.0 Å². The number of nitrogens with zero attached hydrogens (tertiary/aromatic N) is 4. The van der Waals surface area contributed by atoms with E-state index >= 15 is 0 Å². The van der Waals surface area contributed by atoms with Crippen LogP contribution in [0.15, 0.2) is 30.6 Å². The fourth-order valence-corrected chi connectivity index (χ4v) is 2.63. The van der Waals surface area contributed by atoms with Gasteiger partial charge in [0, 0.05) is 42.8 Å². The molecular formula is C16H18N4O2. The highest BCUT2D eigenvalue weighted by molar-refractivity contribution is 5.72. The van der Waals surface area contributed by atoms with Gasteiger partial charge in [0.2, 0.25) is 0 Å². The molecule has 0 radical (unpaired) electrons. The molecule has 2 aromatic heterocycles. The summed E-state index contributed by atoms with van der Waals surface area (Å²) in [5.74, 6) is 0.420. The number of rotatable bonds is 4. The number of carbonyl (C=O) groups is 1. The number of anilines is 1. The lowest BCUT2D eigenvalue weighted by Gasteiger charge is -2.18. The highest BCUT2D eigenvalue weighted by Gasteiger charge is 2.29. The van der Waals surface area contributed by atoms with Crippen LogP contribution in [0.1, 0.15) is 19.0 Å². The smallest absolute Gasteiger partial charge is 0.308 e. The van der Waals surface area contributed by atoms with E-state index in [0.717, 1.165) is 23.5 Å². The molecule has 3 heterocycles. The Labute approximate surface area is 128 Å². The van der Waals surface area contributed by atoms with Gasteiger partial charge >= 0.3 is 5.97 Å².